The SMILES string of the molecule is CCN(CC(=O)Nc1cccc(OC)c1)CC(=O)N[C@@H](C)c1cc2ccccc2o1. The standard InChI is InChI=1S/C23H27N3O4/c1-4-26(15-23(28)25-18-9-7-10-19(13-18)29-3)14-22(27)24-16(2)21-12-17-8-5-6-11-20(17)30-21/h5-13,16H,4,14-15H2,1-3H3,(H,24,27)(H,25,28)/t16-/m0/s1. The first-order valence-corrected chi connectivity index (χ1v) is 9.92. The third kappa shape index (κ3) is 5.61. The van der Waals surface area contributed by atoms with E-state index >= 15 is 0 Å². The molecule has 7 heteroatoms. The number of nitrogens with one attached hydrogen (secondary N) is 2. The molecule has 0 spiro atoms. The summed E-state index contributed by atoms with van der Waals surface area (Å²) in [7, 11) is 1.57. The molecule has 0 aliphatic carbocycles. The highest BCUT2D eigenvalue weighted by molar-refractivity contribution is 5.92. The number of furan rings is 1. The number of nitrogens with zero attached hydrogens (tertiary/aromatic N) is 1. The van der Waals surface area contributed by atoms with E-state index in [0.29, 0.717) is 23.7 Å². The number of rotatable bonds is 9. The Morgan fingerprint density at radius 1 is 1.07 bits per heavy atom. The number of carbonyl (C=O) groups excluding carboxylic acids is 2. The largest absolute Gasteiger partial charge is 0.497 e. The number of amides is 2. The summed E-state index contributed by atoms with van der Waals surface area (Å²) in [6, 6.07) is 16.5. The van der Waals surface area contributed by atoms with Crippen LogP contribution in [0.25, 0.3) is 11.0 Å². The zero-order chi connectivity index (χ0) is 21.5. The second kappa shape index (κ2) is 9.93. The summed E-state index contributed by atoms with van der Waals surface area (Å²) in [4.78, 5) is 26.6. The van der Waals surface area contributed by atoms with E-state index in [9.17, 15) is 9.59 Å². The third-order valence-electron chi connectivity index (χ3n) is 4.78. The van der Waals surface area contributed by atoms with Crippen LogP contribution in [0.3, 0.4) is 0 Å². The lowest BCUT2D eigenvalue weighted by Crippen LogP contribution is -2.41. The maximum absolute atomic E-state index is 12.5. The van der Waals surface area contributed by atoms with Gasteiger partial charge in [-0.3, -0.25) is 14.5 Å². The fourth-order valence-electron chi connectivity index (χ4n) is 3.16. The summed E-state index contributed by atoms with van der Waals surface area (Å²) in [5.41, 5.74) is 1.44. The Morgan fingerprint density at radius 3 is 2.57 bits per heavy atom. The number of anilines is 1. The maximum Gasteiger partial charge on any atom is 0.238 e. The van der Waals surface area contributed by atoms with Crippen molar-refractivity contribution in [3.8, 4) is 5.75 Å². The van der Waals surface area contributed by atoms with Crippen LogP contribution in [0.4, 0.5) is 5.69 Å². The molecular weight excluding hydrogens is 382 g/mol. The van der Waals surface area contributed by atoms with E-state index < -0.39 is 0 Å². The molecule has 1 atom stereocenters. The van der Waals surface area contributed by atoms with Gasteiger partial charge in [-0.25, -0.2) is 0 Å². The number of hydrogen-bond acceptors (Lipinski definition) is 5. The van der Waals surface area contributed by atoms with Gasteiger partial charge in [0.15, 0.2) is 0 Å². The van der Waals surface area contributed by atoms with Crippen molar-refractivity contribution in [1.82, 2.24) is 10.2 Å². The van der Waals surface area contributed by atoms with Crippen molar-refractivity contribution < 1.29 is 18.7 Å². The molecule has 0 bridgehead atoms. The molecule has 1 aromatic heterocycles. The number of likely N-dealkylation sites (N-methyl/N-ethyl adjacent to an activating group) is 1. The van der Waals surface area contributed by atoms with E-state index in [1.165, 1.54) is 0 Å². The van der Waals surface area contributed by atoms with Crippen molar-refractivity contribution in [2.24, 2.45) is 0 Å². The van der Waals surface area contributed by atoms with Crippen LogP contribution >= 0.6 is 0 Å². The highest BCUT2D eigenvalue weighted by Crippen LogP contribution is 2.23. The van der Waals surface area contributed by atoms with Gasteiger partial charge in [0, 0.05) is 17.1 Å². The second-order valence-corrected chi connectivity index (χ2v) is 7.06. The quantitative estimate of drug-likeness (QED) is 0.564. The molecule has 2 amide bonds. The Hall–Kier alpha value is -3.32. The molecule has 3 aromatic rings. The van der Waals surface area contributed by atoms with Crippen LogP contribution in [0, 0.1) is 0 Å². The number of benzene rings is 2. The number of hydrogen-bond donors (Lipinski definition) is 2. The summed E-state index contributed by atoms with van der Waals surface area (Å²) in [5, 5.41) is 6.76. The number of ether oxygens (including phenoxy) is 1. The van der Waals surface area contributed by atoms with Crippen LogP contribution in [-0.4, -0.2) is 43.5 Å². The number of carbonyl (C=O) groups is 2. The van der Waals surface area contributed by atoms with Crippen molar-refractivity contribution in [3.63, 3.8) is 0 Å². The van der Waals surface area contributed by atoms with Crippen molar-refractivity contribution in [1.29, 1.82) is 0 Å². The Labute approximate surface area is 176 Å². The Bertz CT molecular complexity index is 981. The van der Waals surface area contributed by atoms with Crippen LogP contribution in [0.1, 0.15) is 25.6 Å². The first-order chi connectivity index (χ1) is 14.5. The molecule has 3 rings (SSSR count). The van der Waals surface area contributed by atoms with Gasteiger partial charge in [0.2, 0.25) is 11.8 Å². The van der Waals surface area contributed by atoms with E-state index in [-0.39, 0.29) is 30.9 Å². The van der Waals surface area contributed by atoms with E-state index in [1.807, 2.05) is 50.2 Å². The predicted molar refractivity (Wildman–Crippen MR) is 117 cm³/mol. The van der Waals surface area contributed by atoms with Gasteiger partial charge < -0.3 is 19.8 Å². The Balaban J connectivity index is 1.52. The summed E-state index contributed by atoms with van der Waals surface area (Å²) in [6.45, 7) is 4.58. The molecule has 0 radical (unpaired) electrons. The van der Waals surface area contributed by atoms with Crippen LogP contribution in [0.2, 0.25) is 0 Å². The summed E-state index contributed by atoms with van der Waals surface area (Å²) < 4.78 is 11.0. The summed E-state index contributed by atoms with van der Waals surface area (Å²) in [6.07, 6.45) is 0. The van der Waals surface area contributed by atoms with Crippen LogP contribution in [0.5, 0.6) is 5.75 Å². The van der Waals surface area contributed by atoms with Gasteiger partial charge >= 0.3 is 0 Å². The van der Waals surface area contributed by atoms with E-state index in [4.69, 9.17) is 9.15 Å². The highest BCUT2D eigenvalue weighted by atomic mass is 16.5. The summed E-state index contributed by atoms with van der Waals surface area (Å²) in [5.74, 6) is 1.00. The predicted octanol–water partition coefficient (Wildman–Crippen LogP) is 3.58. The molecule has 0 unspecified atom stereocenters. The van der Waals surface area contributed by atoms with Crippen LogP contribution in [-0.2, 0) is 9.59 Å². The second-order valence-electron chi connectivity index (χ2n) is 7.06. The fourth-order valence-corrected chi connectivity index (χ4v) is 3.16. The molecule has 0 saturated heterocycles. The minimum Gasteiger partial charge on any atom is -0.497 e. The molecule has 30 heavy (non-hydrogen) atoms. The average molecular weight is 409 g/mol. The van der Waals surface area contributed by atoms with Gasteiger partial charge in [0.25, 0.3) is 0 Å². The van der Waals surface area contributed by atoms with Crippen molar-refractivity contribution in [2.75, 3.05) is 32.1 Å². The van der Waals surface area contributed by atoms with Gasteiger partial charge in [-0.05, 0) is 37.7 Å². The number of methoxy groups -OCH3 is 1. The minimum atomic E-state index is -0.269. The Kier molecular flexibility index (Phi) is 7.08. The zero-order valence-electron chi connectivity index (χ0n) is 17.5. The lowest BCUT2D eigenvalue weighted by atomic mass is 10.2. The molecule has 1 heterocycles. The molecule has 0 saturated carbocycles. The molecule has 2 aromatic carbocycles. The lowest BCUT2D eigenvalue weighted by molar-refractivity contribution is -0.124. The van der Waals surface area contributed by atoms with E-state index in [0.717, 1.165) is 11.0 Å². The smallest absolute Gasteiger partial charge is 0.238 e. The van der Waals surface area contributed by atoms with Crippen molar-refractivity contribution in [2.45, 2.75) is 19.9 Å². The first-order valence-electron chi connectivity index (χ1n) is 9.92. The van der Waals surface area contributed by atoms with E-state index in [2.05, 4.69) is 10.6 Å². The topological polar surface area (TPSA) is 83.8 Å². The monoisotopic (exact) mass is 409 g/mol. The van der Waals surface area contributed by atoms with Gasteiger partial charge in [0.1, 0.15) is 17.1 Å². The van der Waals surface area contributed by atoms with Crippen LogP contribution < -0.4 is 15.4 Å². The summed E-state index contributed by atoms with van der Waals surface area (Å²) >= 11 is 0. The van der Waals surface area contributed by atoms with Gasteiger partial charge in [-0.1, -0.05) is 31.2 Å². The maximum atomic E-state index is 12.5. The lowest BCUT2D eigenvalue weighted by Gasteiger charge is -2.20. The average Bonchev–Trinajstić information content (AvgIpc) is 3.17. The van der Waals surface area contributed by atoms with Gasteiger partial charge in [-0.15, -0.1) is 0 Å². The van der Waals surface area contributed by atoms with Gasteiger partial charge in [-0.2, -0.15) is 0 Å². The minimum absolute atomic E-state index is 0.111. The Morgan fingerprint density at radius 2 is 1.83 bits per heavy atom. The molecule has 0 fully saturated rings. The van der Waals surface area contributed by atoms with Crippen molar-refractivity contribution in [3.05, 3.63) is 60.4 Å². The van der Waals surface area contributed by atoms with E-state index in [1.54, 1.807) is 30.2 Å². The molecule has 0 aliphatic rings. The van der Waals surface area contributed by atoms with Gasteiger partial charge in [0.05, 0.1) is 26.2 Å². The van der Waals surface area contributed by atoms with Crippen molar-refractivity contribution >= 4 is 28.5 Å². The highest BCUT2D eigenvalue weighted by Gasteiger charge is 2.17. The molecule has 7 nitrogen and oxygen atoms in total. The zero-order valence-corrected chi connectivity index (χ0v) is 17.5. The molecule has 0 aliphatic heterocycles. The molecule has 2 N–H and O–H groups in total. The number of para-hydroxylation sites is 1. The normalized spacial score (nSPS) is 12.0. The first kappa shape index (κ1) is 21.4. The fraction of sp³-hybridized carbons (Fsp3) is 0.304. The third-order valence-corrected chi connectivity index (χ3v) is 4.78. The number of fused-ring (bicyclic) bond motifs is 1. The molecular formula is C23H27N3O4. The van der Waals surface area contributed by atoms with Crippen LogP contribution in [0.15, 0.2) is 59.0 Å². The molecule has 158 valence electrons.